The number of nitrogens with zero attached hydrogens (tertiary/aromatic N) is 2. The molecule has 174 valence electrons. The Morgan fingerprint density at radius 1 is 1.16 bits per heavy atom. The van der Waals surface area contributed by atoms with Crippen LogP contribution in [0.3, 0.4) is 0 Å². The number of halogens is 3. The van der Waals surface area contributed by atoms with E-state index < -0.39 is 53.1 Å². The topological polar surface area (TPSA) is 104 Å². The van der Waals surface area contributed by atoms with Gasteiger partial charge in [-0.25, -0.2) is 22.8 Å². The molecule has 1 aliphatic heterocycles. The number of carboxylic acids is 1. The number of nitrogens with one attached hydrogen (secondary N) is 2. The van der Waals surface area contributed by atoms with Gasteiger partial charge >= 0.3 is 12.0 Å². The number of aromatic nitrogens is 1. The molecule has 8 nitrogen and oxygen atoms in total. The standard InChI is InChI=1S/C20H23F3N4O4S/c21-12-9-14(22)13(15(23)10-12)11-31-17-16(19(28)29)18(32-26-17)25-20(30)24-5-1-2-6-27-7-3-4-8-27/h9-10H,1-8,11H2,(H,28,29)(H2,24,25,30). The van der Waals surface area contributed by atoms with Crippen LogP contribution in [0.5, 0.6) is 5.88 Å². The van der Waals surface area contributed by atoms with Crippen LogP contribution < -0.4 is 15.4 Å². The van der Waals surface area contributed by atoms with Crippen molar-refractivity contribution in [1.29, 1.82) is 0 Å². The van der Waals surface area contributed by atoms with Crippen LogP contribution in [-0.4, -0.2) is 52.6 Å². The number of hydrogen-bond donors (Lipinski definition) is 3. The Morgan fingerprint density at radius 2 is 1.84 bits per heavy atom. The summed E-state index contributed by atoms with van der Waals surface area (Å²) in [6, 6.07) is 0.381. The predicted octanol–water partition coefficient (Wildman–Crippen LogP) is 3.84. The highest BCUT2D eigenvalue weighted by molar-refractivity contribution is 7.11. The molecule has 0 unspecified atom stereocenters. The fourth-order valence-corrected chi connectivity index (χ4v) is 4.04. The summed E-state index contributed by atoms with van der Waals surface area (Å²) in [6.07, 6.45) is 4.17. The van der Waals surface area contributed by atoms with E-state index in [9.17, 15) is 27.9 Å². The molecule has 12 heteroatoms. The summed E-state index contributed by atoms with van der Waals surface area (Å²) in [5, 5.41) is 14.4. The van der Waals surface area contributed by atoms with Crippen LogP contribution in [0.4, 0.5) is 23.0 Å². The quantitative estimate of drug-likeness (QED) is 0.454. The van der Waals surface area contributed by atoms with Crippen LogP contribution in [0.15, 0.2) is 12.1 Å². The summed E-state index contributed by atoms with van der Waals surface area (Å²) in [6.45, 7) is 2.93. The van der Waals surface area contributed by atoms with Crippen molar-refractivity contribution in [2.24, 2.45) is 0 Å². The van der Waals surface area contributed by atoms with E-state index in [0.29, 0.717) is 30.2 Å². The van der Waals surface area contributed by atoms with E-state index in [2.05, 4.69) is 19.9 Å². The highest BCUT2D eigenvalue weighted by atomic mass is 32.1. The van der Waals surface area contributed by atoms with Crippen molar-refractivity contribution in [3.05, 3.63) is 40.7 Å². The summed E-state index contributed by atoms with van der Waals surface area (Å²) in [5.41, 5.74) is -1.01. The molecule has 0 spiro atoms. The molecule has 2 amide bonds. The molecule has 1 aromatic carbocycles. The van der Waals surface area contributed by atoms with Gasteiger partial charge in [0.1, 0.15) is 29.1 Å². The SMILES string of the molecule is O=C(NCCCCN1CCCC1)Nc1snc(OCc2c(F)cc(F)cc2F)c1C(=O)O. The van der Waals surface area contributed by atoms with Gasteiger partial charge in [0.15, 0.2) is 5.56 Å². The molecule has 2 heterocycles. The molecule has 3 rings (SSSR count). The number of carbonyl (C=O) groups excluding carboxylic acids is 1. The van der Waals surface area contributed by atoms with E-state index in [0.717, 1.165) is 32.5 Å². The molecule has 0 saturated carbocycles. The van der Waals surface area contributed by atoms with Crippen molar-refractivity contribution < 1.29 is 32.6 Å². The maximum atomic E-state index is 13.7. The summed E-state index contributed by atoms with van der Waals surface area (Å²) in [7, 11) is 0. The van der Waals surface area contributed by atoms with E-state index in [1.807, 2.05) is 0 Å². The number of aromatic carboxylic acids is 1. The number of rotatable bonds is 10. The minimum absolute atomic E-state index is 0.0814. The van der Waals surface area contributed by atoms with Gasteiger partial charge in [0.05, 0.1) is 5.56 Å². The van der Waals surface area contributed by atoms with Crippen LogP contribution >= 0.6 is 11.5 Å². The summed E-state index contributed by atoms with van der Waals surface area (Å²) in [4.78, 5) is 26.1. The third kappa shape index (κ3) is 6.33. The molecular formula is C20H23F3N4O4S. The first kappa shape index (κ1) is 23.8. The lowest BCUT2D eigenvalue weighted by molar-refractivity contribution is 0.0693. The first-order valence-corrected chi connectivity index (χ1v) is 10.9. The van der Waals surface area contributed by atoms with Gasteiger partial charge in [-0.3, -0.25) is 5.32 Å². The fourth-order valence-electron chi connectivity index (χ4n) is 3.31. The third-order valence-corrected chi connectivity index (χ3v) is 5.69. The van der Waals surface area contributed by atoms with Gasteiger partial charge in [-0.2, -0.15) is 4.37 Å². The summed E-state index contributed by atoms with van der Waals surface area (Å²) in [5.74, 6) is -5.27. The third-order valence-electron chi connectivity index (χ3n) is 4.95. The molecule has 0 radical (unpaired) electrons. The van der Waals surface area contributed by atoms with Crippen LogP contribution in [0, 0.1) is 17.5 Å². The molecule has 0 aliphatic carbocycles. The second kappa shape index (κ2) is 11.1. The van der Waals surface area contributed by atoms with Crippen molar-refractivity contribution in [3.63, 3.8) is 0 Å². The maximum Gasteiger partial charge on any atom is 0.344 e. The number of carbonyl (C=O) groups is 2. The van der Waals surface area contributed by atoms with Crippen molar-refractivity contribution in [2.45, 2.75) is 32.3 Å². The molecular weight excluding hydrogens is 449 g/mol. The molecule has 32 heavy (non-hydrogen) atoms. The highest BCUT2D eigenvalue weighted by Gasteiger charge is 2.24. The minimum Gasteiger partial charge on any atom is -0.477 e. The minimum atomic E-state index is -1.44. The lowest BCUT2D eigenvalue weighted by Gasteiger charge is -2.14. The molecule has 3 N–H and O–H groups in total. The van der Waals surface area contributed by atoms with Gasteiger partial charge in [-0.15, -0.1) is 0 Å². The van der Waals surface area contributed by atoms with Gasteiger partial charge in [0.2, 0.25) is 5.88 Å². The number of amides is 2. The van der Waals surface area contributed by atoms with Gasteiger partial charge in [-0.05, 0) is 56.9 Å². The average molecular weight is 472 g/mol. The lowest BCUT2D eigenvalue weighted by atomic mass is 10.2. The average Bonchev–Trinajstić information content (AvgIpc) is 3.37. The number of ether oxygens (including phenoxy) is 1. The molecule has 1 saturated heterocycles. The smallest absolute Gasteiger partial charge is 0.344 e. The van der Waals surface area contributed by atoms with Crippen molar-refractivity contribution >= 4 is 28.5 Å². The predicted molar refractivity (Wildman–Crippen MR) is 112 cm³/mol. The summed E-state index contributed by atoms with van der Waals surface area (Å²) < 4.78 is 49.5. The van der Waals surface area contributed by atoms with Crippen molar-refractivity contribution in [2.75, 3.05) is 31.5 Å². The Labute approximate surface area is 186 Å². The number of anilines is 1. The lowest BCUT2D eigenvalue weighted by Crippen LogP contribution is -2.30. The zero-order valence-corrected chi connectivity index (χ0v) is 17.9. The Balaban J connectivity index is 1.52. The largest absolute Gasteiger partial charge is 0.477 e. The van der Waals surface area contributed by atoms with E-state index in [1.54, 1.807) is 0 Å². The van der Waals surface area contributed by atoms with Crippen LogP contribution in [0.2, 0.25) is 0 Å². The van der Waals surface area contributed by atoms with Crippen molar-refractivity contribution in [3.8, 4) is 5.88 Å². The number of urea groups is 1. The molecule has 1 aliphatic rings. The van der Waals surface area contributed by atoms with E-state index in [1.165, 1.54) is 12.8 Å². The highest BCUT2D eigenvalue weighted by Crippen LogP contribution is 2.31. The van der Waals surface area contributed by atoms with Crippen LogP contribution in [-0.2, 0) is 6.61 Å². The molecule has 0 bridgehead atoms. The first-order valence-electron chi connectivity index (χ1n) is 10.1. The number of hydrogen-bond acceptors (Lipinski definition) is 6. The van der Waals surface area contributed by atoms with E-state index >= 15 is 0 Å². The fraction of sp³-hybridized carbons (Fsp3) is 0.450. The second-order valence-corrected chi connectivity index (χ2v) is 8.04. The van der Waals surface area contributed by atoms with Gasteiger partial charge in [0.25, 0.3) is 0 Å². The Hall–Kier alpha value is -2.86. The number of carboxylic acid groups (broad SMARTS) is 1. The Bertz CT molecular complexity index is 943. The Morgan fingerprint density at radius 3 is 2.50 bits per heavy atom. The van der Waals surface area contributed by atoms with Gasteiger partial charge in [0, 0.05) is 18.7 Å². The molecule has 0 atom stereocenters. The van der Waals surface area contributed by atoms with E-state index in [-0.39, 0.29) is 5.00 Å². The first-order chi connectivity index (χ1) is 15.3. The van der Waals surface area contributed by atoms with Gasteiger partial charge in [-0.1, -0.05) is 0 Å². The van der Waals surface area contributed by atoms with Crippen molar-refractivity contribution in [1.82, 2.24) is 14.6 Å². The molecule has 2 aromatic rings. The number of likely N-dealkylation sites (tertiary alicyclic amines) is 1. The second-order valence-electron chi connectivity index (χ2n) is 7.27. The number of benzene rings is 1. The monoisotopic (exact) mass is 472 g/mol. The number of unbranched alkanes of at least 4 members (excludes halogenated alkanes) is 1. The van der Waals surface area contributed by atoms with Crippen LogP contribution in [0.25, 0.3) is 0 Å². The van der Waals surface area contributed by atoms with E-state index in [4.69, 9.17) is 4.74 Å². The molecule has 1 fully saturated rings. The molecule has 1 aromatic heterocycles. The zero-order chi connectivity index (χ0) is 23.1. The normalized spacial score (nSPS) is 13.8. The zero-order valence-electron chi connectivity index (χ0n) is 17.1. The summed E-state index contributed by atoms with van der Waals surface area (Å²) >= 11 is 0.657. The van der Waals surface area contributed by atoms with Gasteiger partial charge < -0.3 is 20.1 Å². The maximum absolute atomic E-state index is 13.7. The Kier molecular flexibility index (Phi) is 8.28. The van der Waals surface area contributed by atoms with Crippen LogP contribution in [0.1, 0.15) is 41.6 Å².